The smallest absolute Gasteiger partial charge is 0.0706 e. The summed E-state index contributed by atoms with van der Waals surface area (Å²) in [6, 6.07) is 8.23. The average Bonchev–Trinajstić information content (AvgIpc) is 2.17. The fourth-order valence-electron chi connectivity index (χ4n) is 1.40. The van der Waals surface area contributed by atoms with Crippen molar-refractivity contribution in [1.29, 1.82) is 0 Å². The van der Waals surface area contributed by atoms with E-state index >= 15 is 0 Å². The maximum Gasteiger partial charge on any atom is 0.0706 e. The Kier molecular flexibility index (Phi) is 1.89. The van der Waals surface area contributed by atoms with Gasteiger partial charge in [-0.1, -0.05) is 19.1 Å². The summed E-state index contributed by atoms with van der Waals surface area (Å²) in [5.74, 6) is 0. The number of benzene rings is 1. The summed E-state index contributed by atoms with van der Waals surface area (Å²) in [5, 5.41) is 1.11. The zero-order valence-corrected chi connectivity index (χ0v) is 7.62. The van der Waals surface area contributed by atoms with Crippen molar-refractivity contribution in [3.8, 4) is 0 Å². The lowest BCUT2D eigenvalue weighted by molar-refractivity contribution is 1.14. The SMILES string of the molecule is CCc1ccc2cc(N)cnc2c1. The molecule has 0 radical (unpaired) electrons. The van der Waals surface area contributed by atoms with E-state index in [-0.39, 0.29) is 0 Å². The molecule has 0 amide bonds. The molecule has 0 fully saturated rings. The van der Waals surface area contributed by atoms with Crippen LogP contribution in [0.3, 0.4) is 0 Å². The molecule has 0 aliphatic heterocycles. The van der Waals surface area contributed by atoms with Crippen LogP contribution in [-0.2, 0) is 6.42 Å². The van der Waals surface area contributed by atoms with E-state index in [4.69, 9.17) is 5.73 Å². The van der Waals surface area contributed by atoms with Crippen molar-refractivity contribution in [3.05, 3.63) is 36.0 Å². The molecule has 2 heteroatoms. The first kappa shape index (κ1) is 8.05. The highest BCUT2D eigenvalue weighted by Gasteiger charge is 1.96. The molecule has 2 nitrogen and oxygen atoms in total. The Balaban J connectivity index is 2.66. The maximum absolute atomic E-state index is 5.63. The molecular weight excluding hydrogens is 160 g/mol. The van der Waals surface area contributed by atoms with Crippen LogP contribution in [0, 0.1) is 0 Å². The topological polar surface area (TPSA) is 38.9 Å². The molecule has 0 saturated carbocycles. The fourth-order valence-corrected chi connectivity index (χ4v) is 1.40. The van der Waals surface area contributed by atoms with Crippen molar-refractivity contribution in [1.82, 2.24) is 4.98 Å². The number of hydrogen-bond donors (Lipinski definition) is 1. The van der Waals surface area contributed by atoms with Crippen LogP contribution >= 0.6 is 0 Å². The van der Waals surface area contributed by atoms with Crippen LogP contribution in [0.15, 0.2) is 30.5 Å². The van der Waals surface area contributed by atoms with Crippen LogP contribution in [0.1, 0.15) is 12.5 Å². The Morgan fingerprint density at radius 2 is 2.15 bits per heavy atom. The number of nitrogens with two attached hydrogens (primary N) is 1. The molecule has 13 heavy (non-hydrogen) atoms. The molecule has 1 heterocycles. The lowest BCUT2D eigenvalue weighted by Crippen LogP contribution is -1.88. The second-order valence-electron chi connectivity index (χ2n) is 3.15. The van der Waals surface area contributed by atoms with Gasteiger partial charge < -0.3 is 5.73 Å². The van der Waals surface area contributed by atoms with Gasteiger partial charge in [-0.2, -0.15) is 0 Å². The summed E-state index contributed by atoms with van der Waals surface area (Å²) >= 11 is 0. The van der Waals surface area contributed by atoms with Crippen molar-refractivity contribution in [2.24, 2.45) is 0 Å². The molecule has 0 aliphatic rings. The summed E-state index contributed by atoms with van der Waals surface area (Å²) in [7, 11) is 0. The van der Waals surface area contributed by atoms with Crippen molar-refractivity contribution in [3.63, 3.8) is 0 Å². The minimum Gasteiger partial charge on any atom is -0.397 e. The normalized spacial score (nSPS) is 10.5. The Labute approximate surface area is 77.4 Å². The second-order valence-corrected chi connectivity index (χ2v) is 3.15. The van der Waals surface area contributed by atoms with Gasteiger partial charge in [-0.15, -0.1) is 0 Å². The molecule has 0 saturated heterocycles. The molecule has 0 atom stereocenters. The van der Waals surface area contributed by atoms with Crippen LogP contribution in [-0.4, -0.2) is 4.98 Å². The predicted molar refractivity (Wildman–Crippen MR) is 55.5 cm³/mol. The quantitative estimate of drug-likeness (QED) is 0.717. The summed E-state index contributed by atoms with van der Waals surface area (Å²) in [6.45, 7) is 2.14. The zero-order chi connectivity index (χ0) is 9.26. The van der Waals surface area contributed by atoms with E-state index in [2.05, 4.69) is 30.1 Å². The molecule has 0 spiro atoms. The third kappa shape index (κ3) is 1.47. The zero-order valence-electron chi connectivity index (χ0n) is 7.62. The van der Waals surface area contributed by atoms with Gasteiger partial charge in [-0.05, 0) is 24.1 Å². The van der Waals surface area contributed by atoms with E-state index in [1.165, 1.54) is 5.56 Å². The number of nitrogens with zero attached hydrogens (tertiary/aromatic N) is 1. The first-order valence-electron chi connectivity index (χ1n) is 4.44. The molecule has 66 valence electrons. The average molecular weight is 172 g/mol. The van der Waals surface area contributed by atoms with Crippen LogP contribution in [0.2, 0.25) is 0 Å². The van der Waals surface area contributed by atoms with E-state index in [0.29, 0.717) is 0 Å². The van der Waals surface area contributed by atoms with Gasteiger partial charge in [0.15, 0.2) is 0 Å². The monoisotopic (exact) mass is 172 g/mol. The molecule has 0 unspecified atom stereocenters. The van der Waals surface area contributed by atoms with Crippen molar-refractivity contribution < 1.29 is 0 Å². The number of rotatable bonds is 1. The van der Waals surface area contributed by atoms with Gasteiger partial charge in [-0.3, -0.25) is 4.98 Å². The van der Waals surface area contributed by atoms with E-state index in [9.17, 15) is 0 Å². The molecule has 2 N–H and O–H groups in total. The number of aryl methyl sites for hydroxylation is 1. The van der Waals surface area contributed by atoms with Gasteiger partial charge in [0, 0.05) is 5.39 Å². The van der Waals surface area contributed by atoms with Crippen LogP contribution in [0.5, 0.6) is 0 Å². The number of hydrogen-bond acceptors (Lipinski definition) is 2. The summed E-state index contributed by atoms with van der Waals surface area (Å²) in [6.07, 6.45) is 2.74. The third-order valence-electron chi connectivity index (χ3n) is 2.18. The third-order valence-corrected chi connectivity index (χ3v) is 2.18. The van der Waals surface area contributed by atoms with Gasteiger partial charge in [0.05, 0.1) is 17.4 Å². The van der Waals surface area contributed by atoms with Crippen molar-refractivity contribution >= 4 is 16.6 Å². The molecule has 1 aromatic carbocycles. The molecule has 1 aromatic heterocycles. The molecular formula is C11H12N2. The van der Waals surface area contributed by atoms with Gasteiger partial charge in [0.25, 0.3) is 0 Å². The summed E-state index contributed by atoms with van der Waals surface area (Å²) < 4.78 is 0. The second kappa shape index (κ2) is 3.05. The van der Waals surface area contributed by atoms with Crippen LogP contribution in [0.4, 0.5) is 5.69 Å². The Morgan fingerprint density at radius 1 is 1.31 bits per heavy atom. The van der Waals surface area contributed by atoms with Gasteiger partial charge in [-0.25, -0.2) is 0 Å². The lowest BCUT2D eigenvalue weighted by atomic mass is 10.1. The largest absolute Gasteiger partial charge is 0.397 e. The minimum absolute atomic E-state index is 0.719. The summed E-state index contributed by atoms with van der Waals surface area (Å²) in [4.78, 5) is 4.26. The molecule has 2 rings (SSSR count). The molecule has 2 aromatic rings. The van der Waals surface area contributed by atoms with E-state index in [1.54, 1.807) is 6.20 Å². The summed E-state index contributed by atoms with van der Waals surface area (Å²) in [5.41, 5.74) is 8.68. The highest BCUT2D eigenvalue weighted by atomic mass is 14.7. The van der Waals surface area contributed by atoms with Crippen molar-refractivity contribution in [2.45, 2.75) is 13.3 Å². The highest BCUT2D eigenvalue weighted by molar-refractivity contribution is 5.81. The molecule has 0 bridgehead atoms. The van der Waals surface area contributed by atoms with Gasteiger partial charge in [0.2, 0.25) is 0 Å². The maximum atomic E-state index is 5.63. The number of aromatic nitrogens is 1. The predicted octanol–water partition coefficient (Wildman–Crippen LogP) is 2.38. The van der Waals surface area contributed by atoms with E-state index in [1.807, 2.05) is 6.07 Å². The minimum atomic E-state index is 0.719. The first-order valence-corrected chi connectivity index (χ1v) is 4.44. The lowest BCUT2D eigenvalue weighted by Gasteiger charge is -2.00. The number of pyridine rings is 1. The molecule has 0 aliphatic carbocycles. The Morgan fingerprint density at radius 3 is 2.92 bits per heavy atom. The number of nitrogen functional groups attached to an aromatic ring is 1. The number of fused-ring (bicyclic) bond motifs is 1. The van der Waals surface area contributed by atoms with Crippen molar-refractivity contribution in [2.75, 3.05) is 5.73 Å². The van der Waals surface area contributed by atoms with Gasteiger partial charge in [0.1, 0.15) is 0 Å². The van der Waals surface area contributed by atoms with E-state index in [0.717, 1.165) is 23.0 Å². The van der Waals surface area contributed by atoms with Crippen LogP contribution in [0.25, 0.3) is 10.9 Å². The first-order chi connectivity index (χ1) is 6.29. The fraction of sp³-hybridized carbons (Fsp3) is 0.182. The Bertz CT molecular complexity index is 435. The standard InChI is InChI=1S/C11H12N2/c1-2-8-3-4-9-6-10(12)7-13-11(9)5-8/h3-7H,2,12H2,1H3. The highest BCUT2D eigenvalue weighted by Crippen LogP contribution is 2.16. The van der Waals surface area contributed by atoms with Crippen LogP contribution < -0.4 is 5.73 Å². The Hall–Kier alpha value is -1.57. The van der Waals surface area contributed by atoms with Gasteiger partial charge >= 0.3 is 0 Å². The number of anilines is 1. The van der Waals surface area contributed by atoms with E-state index < -0.39 is 0 Å².